The molecule has 0 aromatic carbocycles. The number of hydrogen-bond donors (Lipinski definition) is 2. The number of amides is 1. The predicted octanol–water partition coefficient (Wildman–Crippen LogP) is 9.83. The summed E-state index contributed by atoms with van der Waals surface area (Å²) < 4.78 is 36.0. The lowest BCUT2D eigenvalue weighted by Gasteiger charge is -2.42. The van der Waals surface area contributed by atoms with Gasteiger partial charge in [0.25, 0.3) is 11.7 Å². The second-order valence-electron chi connectivity index (χ2n) is 22.2. The Balaban J connectivity index is 0.00000963. The van der Waals surface area contributed by atoms with E-state index in [-0.39, 0.29) is 75.6 Å². The molecule has 0 aromatic rings. The third kappa shape index (κ3) is 17.6. The number of cyclic esters (lactones) is 1. The average Bonchev–Trinajstić information content (AvgIpc) is 3.37. The van der Waals surface area contributed by atoms with Crippen LogP contribution in [0.5, 0.6) is 0 Å². The summed E-state index contributed by atoms with van der Waals surface area (Å²) in [5.41, 5.74) is 0.653. The van der Waals surface area contributed by atoms with Crippen molar-refractivity contribution in [2.75, 3.05) is 27.9 Å². The summed E-state index contributed by atoms with van der Waals surface area (Å²) in [6.07, 6.45) is 12.4. The van der Waals surface area contributed by atoms with E-state index >= 15 is 0 Å². The molecule has 15 nitrogen and oxygen atoms in total. The van der Waals surface area contributed by atoms with Crippen molar-refractivity contribution in [1.82, 2.24) is 4.90 Å². The summed E-state index contributed by atoms with van der Waals surface area (Å²) in [6, 6.07) is -1.17. The summed E-state index contributed by atoms with van der Waals surface area (Å²) in [5, 5.41) is 23.6. The Morgan fingerprint density at radius 2 is 1.53 bits per heavy atom. The number of piperidine rings is 1. The largest absolute Gasteiger partial charge is 0.460 e. The highest BCUT2D eigenvalue weighted by Crippen LogP contribution is 2.39. The van der Waals surface area contributed by atoms with Crippen molar-refractivity contribution in [3.63, 3.8) is 0 Å². The van der Waals surface area contributed by atoms with Crippen molar-refractivity contribution in [2.45, 2.75) is 229 Å². The summed E-state index contributed by atoms with van der Waals surface area (Å²) in [4.78, 5) is 85.9. The first-order chi connectivity index (χ1) is 34.5. The normalized spacial score (nSPS) is 36.4. The van der Waals surface area contributed by atoms with Crippen molar-refractivity contribution in [1.29, 1.82) is 0 Å². The molecule has 4 aliphatic rings. The van der Waals surface area contributed by atoms with E-state index in [1.54, 1.807) is 41.1 Å². The number of aliphatic hydroxyl groups is 2. The monoisotopic (exact) mass is 1060 g/mol. The Morgan fingerprint density at radius 3 is 2.16 bits per heavy atom. The van der Waals surface area contributed by atoms with E-state index in [9.17, 15) is 39.0 Å². The SMILES string of the molecule is C.C.CCC(C)(CC)C(=O)OC1CCC(CC(C)C2CC(=O)C(C)/C=C(\C)C(O)C(OC)C(=O)C(C)CC(C)/C=C/C=C/C=C(\C)C(OC)CC3CCC(C)C(O)(O3)C(=O)C(=O)N3CCCCC3C(=O)O2)CC1OC. The molecule has 15 heteroatoms. The lowest BCUT2D eigenvalue weighted by Crippen LogP contribution is -2.61. The van der Waals surface area contributed by atoms with Crippen LogP contribution < -0.4 is 0 Å². The first-order valence-electron chi connectivity index (χ1n) is 27.2. The van der Waals surface area contributed by atoms with Crippen LogP contribution in [0.1, 0.15) is 174 Å². The highest BCUT2D eigenvalue weighted by atomic mass is 16.6. The molecule has 2 saturated heterocycles. The van der Waals surface area contributed by atoms with Gasteiger partial charge < -0.3 is 43.5 Å². The summed E-state index contributed by atoms with van der Waals surface area (Å²) in [6.45, 7) is 18.6. The van der Waals surface area contributed by atoms with Crippen molar-refractivity contribution < 1.29 is 67.4 Å². The third-order valence-corrected chi connectivity index (χ3v) is 16.8. The van der Waals surface area contributed by atoms with Crippen molar-refractivity contribution in [3.8, 4) is 0 Å². The number of hydrogen-bond acceptors (Lipinski definition) is 14. The Kier molecular flexibility index (Phi) is 27.7. The molecule has 3 heterocycles. The van der Waals surface area contributed by atoms with Gasteiger partial charge in [0.2, 0.25) is 5.79 Å². The number of carbonyl (C=O) groups is 6. The van der Waals surface area contributed by atoms with Gasteiger partial charge in [-0.1, -0.05) is 99.8 Å². The number of ether oxygens (including phenoxy) is 6. The molecule has 1 saturated carbocycles. The van der Waals surface area contributed by atoms with E-state index in [2.05, 4.69) is 0 Å². The van der Waals surface area contributed by atoms with Gasteiger partial charge in [0.1, 0.15) is 36.2 Å². The van der Waals surface area contributed by atoms with E-state index in [0.29, 0.717) is 82.6 Å². The lowest BCUT2D eigenvalue weighted by atomic mass is 9.78. The Morgan fingerprint density at radius 1 is 0.853 bits per heavy atom. The fraction of sp³-hybridized carbons (Fsp3) is 0.767. The highest BCUT2D eigenvalue weighted by Gasteiger charge is 2.53. The molecule has 3 aliphatic heterocycles. The van der Waals surface area contributed by atoms with Crippen molar-refractivity contribution in [3.05, 3.63) is 47.6 Å². The number of ketones is 3. The van der Waals surface area contributed by atoms with E-state index < -0.39 is 89.3 Å². The molecule has 15 unspecified atom stereocenters. The van der Waals surface area contributed by atoms with Gasteiger partial charge in [-0.05, 0) is 127 Å². The first kappa shape index (κ1) is 67.3. The molecule has 428 valence electrons. The van der Waals surface area contributed by atoms with Crippen LogP contribution in [0, 0.1) is 40.9 Å². The standard InChI is InChI=1S/C58H91NO14.2CH4/c1-14-57(10,15-2)56(66)72-46-27-25-42(32-49(46)69-12)31-38(6)48-34-45(60)37(5)30-40(8)51(62)52(70-13)50(61)39(7)29-35(3)21-17-16-18-22-36(4)47(68-11)33-43-26-24-41(9)58(67,73-43)53(63)54(64)59-28-20-19-23-44(59)55(65)71-48;;/h16-18,21-22,30,35,37-39,41-44,46-49,51-52,62,67H,14-15,19-20,23-29,31-34H2,1-13H3;2*1H4/b18-16+,21-17+,36-22+,40-30+;;. The van der Waals surface area contributed by atoms with Gasteiger partial charge >= 0.3 is 11.9 Å². The lowest BCUT2D eigenvalue weighted by molar-refractivity contribution is -0.265. The van der Waals surface area contributed by atoms with Crippen LogP contribution in [0.15, 0.2) is 47.6 Å². The van der Waals surface area contributed by atoms with Crippen LogP contribution in [-0.4, -0.2) is 133 Å². The van der Waals surface area contributed by atoms with E-state index in [1.165, 1.54) is 12.0 Å². The van der Waals surface area contributed by atoms with Gasteiger partial charge in [0.05, 0.1) is 23.7 Å². The van der Waals surface area contributed by atoms with Gasteiger partial charge in [0, 0.05) is 58.5 Å². The van der Waals surface area contributed by atoms with E-state index in [4.69, 9.17) is 28.4 Å². The average molecular weight is 1060 g/mol. The molecule has 0 aromatic heterocycles. The van der Waals surface area contributed by atoms with Crippen LogP contribution in [-0.2, 0) is 57.2 Å². The third-order valence-electron chi connectivity index (χ3n) is 16.8. The molecule has 75 heavy (non-hydrogen) atoms. The zero-order valence-electron chi connectivity index (χ0n) is 46.4. The highest BCUT2D eigenvalue weighted by molar-refractivity contribution is 6.39. The smallest absolute Gasteiger partial charge is 0.329 e. The zero-order chi connectivity index (χ0) is 54.4. The van der Waals surface area contributed by atoms with Crippen LogP contribution >= 0.6 is 0 Å². The Bertz CT molecular complexity index is 2010. The topological polar surface area (TPSA) is 201 Å². The molecule has 2 bridgehead atoms. The van der Waals surface area contributed by atoms with Gasteiger partial charge in [-0.3, -0.25) is 24.0 Å². The van der Waals surface area contributed by atoms with Crippen LogP contribution in [0.4, 0.5) is 0 Å². The molecule has 1 aliphatic carbocycles. The molecule has 1 amide bonds. The maximum Gasteiger partial charge on any atom is 0.329 e. The van der Waals surface area contributed by atoms with Gasteiger partial charge in [0.15, 0.2) is 5.78 Å². The molecule has 2 N–H and O–H groups in total. The fourth-order valence-corrected chi connectivity index (χ4v) is 11.1. The summed E-state index contributed by atoms with van der Waals surface area (Å²) in [7, 11) is 4.56. The van der Waals surface area contributed by atoms with Gasteiger partial charge in [-0.2, -0.15) is 0 Å². The number of methoxy groups -OCH3 is 3. The van der Waals surface area contributed by atoms with Gasteiger partial charge in [-0.15, -0.1) is 0 Å². The van der Waals surface area contributed by atoms with Crippen LogP contribution in [0.3, 0.4) is 0 Å². The Hall–Kier alpha value is -3.86. The molecule has 4 rings (SSSR count). The maximum absolute atomic E-state index is 14.6. The number of allylic oxidation sites excluding steroid dienone is 6. The second kappa shape index (κ2) is 30.9. The number of carbonyl (C=O) groups excluding carboxylic acids is 6. The molecule has 0 radical (unpaired) electrons. The fourth-order valence-electron chi connectivity index (χ4n) is 11.1. The maximum atomic E-state index is 14.6. The van der Waals surface area contributed by atoms with Crippen LogP contribution in [0.25, 0.3) is 0 Å². The first-order valence-corrected chi connectivity index (χ1v) is 27.2. The second-order valence-corrected chi connectivity index (χ2v) is 22.2. The predicted molar refractivity (Wildman–Crippen MR) is 291 cm³/mol. The van der Waals surface area contributed by atoms with Crippen LogP contribution in [0.2, 0.25) is 0 Å². The summed E-state index contributed by atoms with van der Waals surface area (Å²) in [5.74, 6) is -8.43. The number of aliphatic hydroxyl groups excluding tert-OH is 1. The summed E-state index contributed by atoms with van der Waals surface area (Å²) >= 11 is 0. The number of nitrogens with zero attached hydrogens (tertiary/aromatic N) is 1. The number of fused-ring (bicyclic) bond motifs is 3. The molecule has 3 fully saturated rings. The zero-order valence-corrected chi connectivity index (χ0v) is 46.4. The minimum atomic E-state index is -2.45. The quantitative estimate of drug-likeness (QED) is 0.119. The van der Waals surface area contributed by atoms with E-state index in [0.717, 1.165) is 5.57 Å². The number of rotatable bonds is 10. The minimum absolute atomic E-state index is 0. The van der Waals surface area contributed by atoms with Crippen molar-refractivity contribution >= 4 is 35.2 Å². The molecular formula is C60H99NO14. The molecule has 0 spiro atoms. The molecular weight excluding hydrogens is 959 g/mol. The minimum Gasteiger partial charge on any atom is -0.460 e. The Labute approximate surface area is 450 Å². The van der Waals surface area contributed by atoms with Crippen molar-refractivity contribution in [2.24, 2.45) is 40.9 Å². The number of Topliss-reactive ketones (excluding diaryl/α,β-unsaturated/α-hetero) is 3. The van der Waals surface area contributed by atoms with E-state index in [1.807, 2.05) is 78.8 Å². The van der Waals surface area contributed by atoms with Gasteiger partial charge in [-0.25, -0.2) is 4.79 Å². The number of esters is 2. The molecule has 15 atom stereocenters.